The van der Waals surface area contributed by atoms with Gasteiger partial charge in [0.15, 0.2) is 0 Å². The normalized spacial score (nSPS) is 19.7. The van der Waals surface area contributed by atoms with Crippen molar-refractivity contribution in [1.82, 2.24) is 10.2 Å². The van der Waals surface area contributed by atoms with Crippen LogP contribution in [0.1, 0.15) is 35.7 Å². The zero-order valence-corrected chi connectivity index (χ0v) is 11.9. The van der Waals surface area contributed by atoms with Crippen LogP contribution < -0.4 is 5.32 Å². The van der Waals surface area contributed by atoms with Gasteiger partial charge in [-0.15, -0.1) is 0 Å². The second kappa shape index (κ2) is 6.47. The summed E-state index contributed by atoms with van der Waals surface area (Å²) in [5.41, 5.74) is -0.490. The second-order valence-corrected chi connectivity index (χ2v) is 5.21. The van der Waals surface area contributed by atoms with Crippen LogP contribution in [0.15, 0.2) is 24.3 Å². The molecule has 116 valence electrons. The molecule has 1 atom stereocenters. The fraction of sp³-hybridized carbons (Fsp3) is 0.533. The molecule has 1 aliphatic rings. The van der Waals surface area contributed by atoms with Crippen molar-refractivity contribution in [2.45, 2.75) is 32.0 Å². The Morgan fingerprint density at radius 1 is 1.33 bits per heavy atom. The van der Waals surface area contributed by atoms with Crippen LogP contribution in [0.5, 0.6) is 0 Å². The maximum absolute atomic E-state index is 12.4. The lowest BCUT2D eigenvalue weighted by atomic mass is 10.1. The van der Waals surface area contributed by atoms with Crippen molar-refractivity contribution in [3.8, 4) is 0 Å². The summed E-state index contributed by atoms with van der Waals surface area (Å²) < 4.78 is 37.3. The van der Waals surface area contributed by atoms with Crippen molar-refractivity contribution in [3.63, 3.8) is 0 Å². The molecule has 1 heterocycles. The van der Waals surface area contributed by atoms with Crippen LogP contribution in [0, 0.1) is 0 Å². The molecule has 0 saturated carbocycles. The largest absolute Gasteiger partial charge is 0.416 e. The van der Waals surface area contributed by atoms with E-state index in [9.17, 15) is 18.0 Å². The molecule has 1 aliphatic heterocycles. The number of carbonyl (C=O) groups is 1. The van der Waals surface area contributed by atoms with Gasteiger partial charge in [0, 0.05) is 18.2 Å². The minimum absolute atomic E-state index is 0.254. The molecule has 21 heavy (non-hydrogen) atoms. The molecule has 1 amide bonds. The topological polar surface area (TPSA) is 32.3 Å². The van der Waals surface area contributed by atoms with Gasteiger partial charge in [-0.05, 0) is 50.2 Å². The van der Waals surface area contributed by atoms with E-state index in [1.165, 1.54) is 12.1 Å². The Kier molecular flexibility index (Phi) is 4.88. The second-order valence-electron chi connectivity index (χ2n) is 5.21. The number of nitrogens with one attached hydrogen (secondary N) is 1. The molecule has 0 aliphatic carbocycles. The van der Waals surface area contributed by atoms with Gasteiger partial charge in [-0.25, -0.2) is 0 Å². The number of alkyl halides is 3. The predicted octanol–water partition coefficient (Wildman–Crippen LogP) is 2.92. The Hall–Kier alpha value is -1.56. The van der Waals surface area contributed by atoms with E-state index < -0.39 is 11.7 Å². The molecule has 1 aromatic carbocycles. The number of rotatable bonds is 4. The molecule has 0 spiro atoms. The van der Waals surface area contributed by atoms with E-state index in [4.69, 9.17) is 0 Å². The number of carbonyl (C=O) groups excluding carboxylic acids is 1. The van der Waals surface area contributed by atoms with Crippen LogP contribution in [0.25, 0.3) is 0 Å². The van der Waals surface area contributed by atoms with Gasteiger partial charge in [-0.1, -0.05) is 6.92 Å². The third-order valence-corrected chi connectivity index (χ3v) is 3.88. The number of halogens is 3. The van der Waals surface area contributed by atoms with E-state index in [2.05, 4.69) is 17.1 Å². The highest BCUT2D eigenvalue weighted by atomic mass is 19.4. The molecule has 0 aromatic heterocycles. The van der Waals surface area contributed by atoms with Gasteiger partial charge in [0.25, 0.3) is 5.91 Å². The maximum atomic E-state index is 12.4. The first-order valence-electron chi connectivity index (χ1n) is 7.11. The molecule has 1 unspecified atom stereocenters. The molecule has 1 aromatic rings. The molecule has 0 radical (unpaired) electrons. The number of likely N-dealkylation sites (N-methyl/N-ethyl adjacent to an activating group) is 1. The Morgan fingerprint density at radius 2 is 2.00 bits per heavy atom. The highest BCUT2D eigenvalue weighted by Gasteiger charge is 2.30. The Morgan fingerprint density at radius 3 is 2.57 bits per heavy atom. The summed E-state index contributed by atoms with van der Waals surface area (Å²) >= 11 is 0. The molecule has 1 saturated heterocycles. The van der Waals surface area contributed by atoms with Crippen LogP contribution in [-0.4, -0.2) is 36.5 Å². The van der Waals surface area contributed by atoms with Gasteiger partial charge < -0.3 is 5.32 Å². The molecule has 1 fully saturated rings. The monoisotopic (exact) mass is 300 g/mol. The Bertz CT molecular complexity index is 485. The van der Waals surface area contributed by atoms with Crippen molar-refractivity contribution in [1.29, 1.82) is 0 Å². The molecule has 1 N–H and O–H groups in total. The first-order chi connectivity index (χ1) is 9.91. The Balaban J connectivity index is 1.91. The number of amides is 1. The number of hydrogen-bond donors (Lipinski definition) is 1. The van der Waals surface area contributed by atoms with Gasteiger partial charge in [0.1, 0.15) is 0 Å². The summed E-state index contributed by atoms with van der Waals surface area (Å²) in [7, 11) is 0. The van der Waals surface area contributed by atoms with Crippen molar-refractivity contribution in [2.75, 3.05) is 19.6 Å². The SMILES string of the molecule is CCN1CCCC1CNC(=O)c1ccc(C(F)(F)F)cc1. The third-order valence-electron chi connectivity index (χ3n) is 3.88. The van der Waals surface area contributed by atoms with E-state index in [1.54, 1.807) is 0 Å². The van der Waals surface area contributed by atoms with Crippen molar-refractivity contribution in [3.05, 3.63) is 35.4 Å². The molecular formula is C15H19F3N2O. The average Bonchev–Trinajstić information content (AvgIpc) is 2.91. The summed E-state index contributed by atoms with van der Waals surface area (Å²) in [6, 6.07) is 4.62. The van der Waals surface area contributed by atoms with Crippen LogP contribution in [0.4, 0.5) is 13.2 Å². The number of hydrogen-bond acceptors (Lipinski definition) is 2. The minimum atomic E-state index is -4.37. The van der Waals surface area contributed by atoms with Crippen molar-refractivity contribution in [2.24, 2.45) is 0 Å². The molecule has 0 bridgehead atoms. The van der Waals surface area contributed by atoms with E-state index in [1.807, 2.05) is 0 Å². The van der Waals surface area contributed by atoms with Crippen LogP contribution in [0.3, 0.4) is 0 Å². The fourth-order valence-corrected chi connectivity index (χ4v) is 2.67. The van der Waals surface area contributed by atoms with Gasteiger partial charge in [0.05, 0.1) is 5.56 Å². The fourth-order valence-electron chi connectivity index (χ4n) is 2.67. The first kappa shape index (κ1) is 15.8. The third kappa shape index (κ3) is 3.97. The number of benzene rings is 1. The highest BCUT2D eigenvalue weighted by Crippen LogP contribution is 2.29. The zero-order valence-electron chi connectivity index (χ0n) is 11.9. The first-order valence-corrected chi connectivity index (χ1v) is 7.11. The van der Waals surface area contributed by atoms with Crippen LogP contribution >= 0.6 is 0 Å². The number of likely N-dealkylation sites (tertiary alicyclic amines) is 1. The lowest BCUT2D eigenvalue weighted by Crippen LogP contribution is -2.40. The van der Waals surface area contributed by atoms with Crippen LogP contribution in [-0.2, 0) is 6.18 Å². The van der Waals surface area contributed by atoms with Gasteiger partial charge >= 0.3 is 6.18 Å². The zero-order chi connectivity index (χ0) is 15.5. The number of nitrogens with zero attached hydrogens (tertiary/aromatic N) is 1. The van der Waals surface area contributed by atoms with Crippen LogP contribution in [0.2, 0.25) is 0 Å². The lowest BCUT2D eigenvalue weighted by molar-refractivity contribution is -0.137. The maximum Gasteiger partial charge on any atom is 0.416 e. The smallest absolute Gasteiger partial charge is 0.350 e. The standard InChI is InChI=1S/C15H19F3N2O/c1-2-20-9-3-4-13(20)10-19-14(21)11-5-7-12(8-6-11)15(16,17)18/h5-8,13H,2-4,9-10H2,1H3,(H,19,21). The van der Waals surface area contributed by atoms with Gasteiger partial charge in [-0.3, -0.25) is 9.69 Å². The lowest BCUT2D eigenvalue weighted by Gasteiger charge is -2.22. The van der Waals surface area contributed by atoms with Crippen molar-refractivity contribution >= 4 is 5.91 Å². The summed E-state index contributed by atoms with van der Waals surface area (Å²) in [4.78, 5) is 14.2. The van der Waals surface area contributed by atoms with Gasteiger partial charge in [-0.2, -0.15) is 13.2 Å². The quantitative estimate of drug-likeness (QED) is 0.927. The molecule has 3 nitrogen and oxygen atoms in total. The van der Waals surface area contributed by atoms with E-state index >= 15 is 0 Å². The summed E-state index contributed by atoms with van der Waals surface area (Å²) in [6.07, 6.45) is -2.21. The van der Waals surface area contributed by atoms with E-state index in [0.717, 1.165) is 38.1 Å². The van der Waals surface area contributed by atoms with E-state index in [0.29, 0.717) is 12.6 Å². The molecule has 6 heteroatoms. The molecular weight excluding hydrogens is 281 g/mol. The summed E-state index contributed by atoms with van der Waals surface area (Å²) in [6.45, 7) is 4.60. The molecule has 2 rings (SSSR count). The highest BCUT2D eigenvalue weighted by molar-refractivity contribution is 5.94. The van der Waals surface area contributed by atoms with Crippen molar-refractivity contribution < 1.29 is 18.0 Å². The average molecular weight is 300 g/mol. The summed E-state index contributed by atoms with van der Waals surface area (Å²) in [5, 5.41) is 2.80. The predicted molar refractivity (Wildman–Crippen MR) is 74.0 cm³/mol. The minimum Gasteiger partial charge on any atom is -0.350 e. The van der Waals surface area contributed by atoms with Gasteiger partial charge in [0.2, 0.25) is 0 Å². The summed E-state index contributed by atoms with van der Waals surface area (Å²) in [5.74, 6) is -0.327. The van der Waals surface area contributed by atoms with E-state index in [-0.39, 0.29) is 11.5 Å². The Labute approximate surface area is 122 Å².